The SMILES string of the molecule is c1ccc(-c2ccc(N(c3ccc4c(c3)-c3ccccc3Oc3ccccc3-4)c3ccc4c(c3)c3ccccc3c3ccccc3c3ccccc3c3c4ccc4c5ccccc5oc43)cc2)cc1. The summed E-state index contributed by atoms with van der Waals surface area (Å²) >= 11 is 0. The van der Waals surface area contributed by atoms with E-state index >= 15 is 0 Å². The van der Waals surface area contributed by atoms with Crippen LogP contribution in [0.5, 0.6) is 11.5 Å². The fourth-order valence-corrected chi connectivity index (χ4v) is 10.9. The van der Waals surface area contributed by atoms with E-state index in [9.17, 15) is 0 Å². The summed E-state index contributed by atoms with van der Waals surface area (Å²) in [6.45, 7) is 0. The number of anilines is 3. The van der Waals surface area contributed by atoms with Gasteiger partial charge in [-0.15, -0.1) is 0 Å². The minimum Gasteiger partial charge on any atom is -0.456 e. The molecule has 0 unspecified atom stereocenters. The Labute approximate surface area is 398 Å². The summed E-state index contributed by atoms with van der Waals surface area (Å²) in [5, 5.41) is 13.7. The summed E-state index contributed by atoms with van der Waals surface area (Å²) in [6, 6.07) is 89.7. The van der Waals surface area contributed by atoms with Gasteiger partial charge >= 0.3 is 0 Å². The molecule has 1 aliphatic rings. The minimum absolute atomic E-state index is 0.836. The molecule has 0 saturated heterocycles. The molecule has 12 aromatic carbocycles. The van der Waals surface area contributed by atoms with Gasteiger partial charge in [0.05, 0.1) is 0 Å². The topological polar surface area (TPSA) is 25.6 Å². The predicted molar refractivity (Wildman–Crippen MR) is 290 cm³/mol. The van der Waals surface area contributed by atoms with Gasteiger partial charge in [-0.3, -0.25) is 0 Å². The number of benzene rings is 11. The molecule has 13 aromatic rings. The van der Waals surface area contributed by atoms with E-state index in [1.165, 1.54) is 27.1 Å². The maximum absolute atomic E-state index is 6.95. The summed E-state index contributed by atoms with van der Waals surface area (Å²) in [5.41, 5.74) is 11.6. The first-order valence-electron chi connectivity index (χ1n) is 23.6. The van der Waals surface area contributed by atoms with E-state index in [0.29, 0.717) is 0 Å². The van der Waals surface area contributed by atoms with Crippen LogP contribution >= 0.6 is 0 Å². The van der Waals surface area contributed by atoms with E-state index in [4.69, 9.17) is 9.15 Å². The smallest absolute Gasteiger partial charge is 0.143 e. The average Bonchev–Trinajstić information content (AvgIpc) is 3.73. The second-order valence-corrected chi connectivity index (χ2v) is 17.9. The number of fused-ring (bicyclic) bond motifs is 19. The molecular weight excluding hydrogens is 839 g/mol. The first kappa shape index (κ1) is 39.0. The van der Waals surface area contributed by atoms with Crippen LogP contribution in [0.1, 0.15) is 0 Å². The molecular formula is C66H41NO2. The number of hydrogen-bond acceptors (Lipinski definition) is 3. The van der Waals surface area contributed by atoms with Gasteiger partial charge < -0.3 is 14.1 Å². The highest BCUT2D eigenvalue weighted by atomic mass is 16.5. The van der Waals surface area contributed by atoms with Crippen LogP contribution in [0.15, 0.2) is 253 Å². The number of nitrogens with zero attached hydrogens (tertiary/aromatic N) is 1. The number of ether oxygens (including phenoxy) is 1. The van der Waals surface area contributed by atoms with Crippen molar-refractivity contribution < 1.29 is 9.15 Å². The number of para-hydroxylation sites is 3. The van der Waals surface area contributed by atoms with Crippen LogP contribution in [-0.4, -0.2) is 0 Å². The number of rotatable bonds is 4. The third-order valence-corrected chi connectivity index (χ3v) is 14.1. The van der Waals surface area contributed by atoms with E-state index in [-0.39, 0.29) is 0 Å². The van der Waals surface area contributed by atoms with Crippen molar-refractivity contribution in [2.24, 2.45) is 0 Å². The van der Waals surface area contributed by atoms with Gasteiger partial charge in [-0.25, -0.2) is 0 Å². The number of hydrogen-bond donors (Lipinski definition) is 0. The van der Waals surface area contributed by atoms with Crippen molar-refractivity contribution in [2.75, 3.05) is 4.90 Å². The quantitative estimate of drug-likeness (QED) is 0.176. The van der Waals surface area contributed by atoms with E-state index in [2.05, 4.69) is 241 Å². The lowest BCUT2D eigenvalue weighted by Crippen LogP contribution is -2.10. The summed E-state index contributed by atoms with van der Waals surface area (Å²) in [6.07, 6.45) is 0. The lowest BCUT2D eigenvalue weighted by Gasteiger charge is -2.27. The van der Waals surface area contributed by atoms with Crippen LogP contribution in [-0.2, 0) is 0 Å². The minimum atomic E-state index is 0.836. The molecule has 1 aromatic heterocycles. The van der Waals surface area contributed by atoms with E-state index < -0.39 is 0 Å². The molecule has 0 radical (unpaired) electrons. The van der Waals surface area contributed by atoms with Gasteiger partial charge in [0, 0.05) is 44.3 Å². The van der Waals surface area contributed by atoms with Crippen molar-refractivity contribution in [1.82, 2.24) is 0 Å². The molecule has 0 N–H and O–H groups in total. The monoisotopic (exact) mass is 879 g/mol. The average molecular weight is 880 g/mol. The van der Waals surface area contributed by atoms with Crippen LogP contribution < -0.4 is 9.64 Å². The zero-order valence-electron chi connectivity index (χ0n) is 37.4. The van der Waals surface area contributed by atoms with Crippen molar-refractivity contribution in [3.8, 4) is 44.9 Å². The second-order valence-electron chi connectivity index (χ2n) is 17.9. The van der Waals surface area contributed by atoms with Crippen LogP contribution in [0.4, 0.5) is 17.1 Å². The molecule has 3 nitrogen and oxygen atoms in total. The Kier molecular flexibility index (Phi) is 8.90. The van der Waals surface area contributed by atoms with Crippen LogP contribution in [0.2, 0.25) is 0 Å². The zero-order chi connectivity index (χ0) is 45.4. The summed E-state index contributed by atoms with van der Waals surface area (Å²) in [7, 11) is 0. The van der Waals surface area contributed by atoms with Gasteiger partial charge in [-0.2, -0.15) is 0 Å². The van der Waals surface area contributed by atoms with Crippen molar-refractivity contribution in [3.63, 3.8) is 0 Å². The van der Waals surface area contributed by atoms with Gasteiger partial charge in [-0.05, 0) is 131 Å². The predicted octanol–water partition coefficient (Wildman–Crippen LogP) is 19.1. The molecule has 1 aliphatic heterocycles. The molecule has 322 valence electrons. The van der Waals surface area contributed by atoms with Crippen molar-refractivity contribution >= 4 is 92.9 Å². The lowest BCUT2D eigenvalue weighted by molar-refractivity contribution is 0.488. The highest BCUT2D eigenvalue weighted by Gasteiger charge is 2.24. The van der Waals surface area contributed by atoms with Gasteiger partial charge in [0.15, 0.2) is 0 Å². The molecule has 0 amide bonds. The Bertz CT molecular complexity index is 4280. The third-order valence-electron chi connectivity index (χ3n) is 14.1. The summed E-state index contributed by atoms with van der Waals surface area (Å²) in [4.78, 5) is 2.41. The van der Waals surface area contributed by atoms with Crippen LogP contribution in [0.3, 0.4) is 0 Å². The standard InChI is InChI=1S/C66H41NO2/c1-2-16-42(17-3-1)43-30-32-44(33-31-43)67(46-34-36-52-54-23-10-13-27-62(54)68-63-28-14-12-25-56(63)61(52)41-46)45-35-37-53-58-38-39-59-55-24-11-15-29-64(55)69-66(59)65(58)57-26-9-8-21-50(57)48-19-5-4-18-47(48)49-20-6-7-22-51(49)60(53)40-45/h1-41H. The Balaban J connectivity index is 1.11. The van der Waals surface area contributed by atoms with E-state index in [1.54, 1.807) is 0 Å². The largest absolute Gasteiger partial charge is 0.456 e. The van der Waals surface area contributed by atoms with Gasteiger partial charge in [0.25, 0.3) is 0 Å². The molecule has 0 aliphatic carbocycles. The molecule has 0 fully saturated rings. The molecule has 0 atom stereocenters. The lowest BCUT2D eigenvalue weighted by atomic mass is 9.92. The molecule has 0 saturated carbocycles. The highest BCUT2D eigenvalue weighted by Crippen LogP contribution is 2.50. The fourth-order valence-electron chi connectivity index (χ4n) is 10.9. The Morgan fingerprint density at radius 2 is 0.710 bits per heavy atom. The fraction of sp³-hybridized carbons (Fsp3) is 0. The molecule has 69 heavy (non-hydrogen) atoms. The molecule has 0 spiro atoms. The van der Waals surface area contributed by atoms with Crippen molar-refractivity contribution in [1.29, 1.82) is 0 Å². The molecule has 14 rings (SSSR count). The summed E-state index contributed by atoms with van der Waals surface area (Å²) < 4.78 is 13.6. The zero-order valence-corrected chi connectivity index (χ0v) is 37.4. The molecule has 3 heteroatoms. The molecule has 2 heterocycles. The highest BCUT2D eigenvalue weighted by molar-refractivity contribution is 6.31. The Hall–Kier alpha value is -9.18. The van der Waals surface area contributed by atoms with Crippen LogP contribution in [0, 0.1) is 0 Å². The third kappa shape index (κ3) is 6.29. The second kappa shape index (κ2) is 15.7. The summed E-state index contributed by atoms with van der Waals surface area (Å²) in [5.74, 6) is 1.68. The van der Waals surface area contributed by atoms with Gasteiger partial charge in [0.1, 0.15) is 22.7 Å². The van der Waals surface area contributed by atoms with Crippen molar-refractivity contribution in [3.05, 3.63) is 249 Å². The first-order chi connectivity index (χ1) is 34.2. The first-order valence-corrected chi connectivity index (χ1v) is 23.6. The molecule has 0 bridgehead atoms. The Morgan fingerprint density at radius 3 is 1.41 bits per heavy atom. The normalized spacial score (nSPS) is 11.9. The van der Waals surface area contributed by atoms with E-state index in [0.717, 1.165) is 111 Å². The Morgan fingerprint density at radius 1 is 0.261 bits per heavy atom. The van der Waals surface area contributed by atoms with Crippen molar-refractivity contribution in [2.45, 2.75) is 0 Å². The maximum Gasteiger partial charge on any atom is 0.143 e. The van der Waals surface area contributed by atoms with Gasteiger partial charge in [0.2, 0.25) is 0 Å². The number of furan rings is 1. The van der Waals surface area contributed by atoms with Gasteiger partial charge in [-0.1, -0.05) is 188 Å². The van der Waals surface area contributed by atoms with Crippen LogP contribution in [0.25, 0.3) is 109 Å². The maximum atomic E-state index is 6.95. The van der Waals surface area contributed by atoms with E-state index in [1.807, 2.05) is 12.1 Å².